The van der Waals surface area contributed by atoms with Crippen LogP contribution in [0.25, 0.3) is 0 Å². The molecule has 5 heteroatoms. The zero-order valence-corrected chi connectivity index (χ0v) is 20.6. The first-order valence-electron chi connectivity index (χ1n) is 10.3. The second kappa shape index (κ2) is 13.0. The smallest absolute Gasteiger partial charge is 0.237 e. The second-order valence-corrected chi connectivity index (χ2v) is 9.34. The number of nitrogens with one attached hydrogen (secondary N) is 1. The van der Waals surface area contributed by atoms with Gasteiger partial charge in [0.2, 0.25) is 5.91 Å². The summed E-state index contributed by atoms with van der Waals surface area (Å²) in [5.41, 5.74) is 3.55. The molecule has 0 aliphatic heterocycles. The van der Waals surface area contributed by atoms with E-state index in [1.165, 1.54) is 16.7 Å². The SMILES string of the molecule is Cc1ccc(CC(C(=O)NCC(C)(C)c2ccccc2)N(C)C(C)C)cc1.ClCCl. The lowest BCUT2D eigenvalue weighted by Crippen LogP contribution is -2.51. The zero-order valence-electron chi connectivity index (χ0n) is 19.1. The molecule has 0 aromatic heterocycles. The molecular weight excluding hydrogens is 415 g/mol. The Labute approximate surface area is 192 Å². The highest BCUT2D eigenvalue weighted by Gasteiger charge is 2.28. The number of carbonyl (C=O) groups is 1. The van der Waals surface area contributed by atoms with E-state index in [1.807, 2.05) is 25.2 Å². The van der Waals surface area contributed by atoms with Crippen LogP contribution >= 0.6 is 23.2 Å². The van der Waals surface area contributed by atoms with Crippen LogP contribution in [0.5, 0.6) is 0 Å². The third-order valence-electron chi connectivity index (χ3n) is 5.42. The summed E-state index contributed by atoms with van der Waals surface area (Å²) in [5.74, 6) is 0.0933. The van der Waals surface area contributed by atoms with E-state index in [4.69, 9.17) is 23.2 Å². The van der Waals surface area contributed by atoms with Crippen molar-refractivity contribution in [1.82, 2.24) is 10.2 Å². The molecule has 0 radical (unpaired) electrons. The van der Waals surface area contributed by atoms with Gasteiger partial charge in [-0.3, -0.25) is 9.69 Å². The summed E-state index contributed by atoms with van der Waals surface area (Å²) in [7, 11) is 2.03. The van der Waals surface area contributed by atoms with Gasteiger partial charge in [-0.15, -0.1) is 23.2 Å². The summed E-state index contributed by atoms with van der Waals surface area (Å²) in [6, 6.07) is 18.9. The molecule has 0 bridgehead atoms. The fraction of sp³-hybridized carbons (Fsp3) is 0.480. The Morgan fingerprint density at radius 1 is 1.03 bits per heavy atom. The van der Waals surface area contributed by atoms with Crippen LogP contribution in [-0.4, -0.2) is 41.8 Å². The number of rotatable bonds is 8. The first kappa shape index (κ1) is 26.5. The van der Waals surface area contributed by atoms with Gasteiger partial charge in [0.25, 0.3) is 0 Å². The highest BCUT2D eigenvalue weighted by atomic mass is 35.5. The van der Waals surface area contributed by atoms with Crippen molar-refractivity contribution in [1.29, 1.82) is 0 Å². The van der Waals surface area contributed by atoms with E-state index in [0.29, 0.717) is 19.0 Å². The monoisotopic (exact) mass is 450 g/mol. The largest absolute Gasteiger partial charge is 0.354 e. The number of carbonyl (C=O) groups excluding carboxylic acids is 1. The topological polar surface area (TPSA) is 32.3 Å². The molecule has 0 aliphatic carbocycles. The van der Waals surface area contributed by atoms with E-state index in [1.54, 1.807) is 0 Å². The average molecular weight is 451 g/mol. The van der Waals surface area contributed by atoms with Gasteiger partial charge in [-0.1, -0.05) is 74.0 Å². The highest BCUT2D eigenvalue weighted by Crippen LogP contribution is 2.22. The fourth-order valence-corrected chi connectivity index (χ4v) is 3.15. The molecule has 0 saturated heterocycles. The molecule has 2 aromatic rings. The molecule has 30 heavy (non-hydrogen) atoms. The Morgan fingerprint density at radius 2 is 1.57 bits per heavy atom. The molecule has 1 unspecified atom stereocenters. The third-order valence-corrected chi connectivity index (χ3v) is 5.42. The van der Waals surface area contributed by atoms with Crippen molar-refractivity contribution >= 4 is 29.1 Å². The van der Waals surface area contributed by atoms with Crippen LogP contribution in [0.2, 0.25) is 0 Å². The number of nitrogens with zero attached hydrogens (tertiary/aromatic N) is 1. The third kappa shape index (κ3) is 8.67. The van der Waals surface area contributed by atoms with Crippen LogP contribution in [0.4, 0.5) is 0 Å². The van der Waals surface area contributed by atoms with Gasteiger partial charge in [0, 0.05) is 18.0 Å². The van der Waals surface area contributed by atoms with Crippen LogP contribution < -0.4 is 5.32 Å². The molecule has 2 aromatic carbocycles. The number of alkyl halides is 2. The van der Waals surface area contributed by atoms with Crippen molar-refractivity contribution in [3.63, 3.8) is 0 Å². The van der Waals surface area contributed by atoms with Crippen molar-refractivity contribution in [3.8, 4) is 0 Å². The number of likely N-dealkylation sites (N-methyl/N-ethyl adjacent to an activating group) is 1. The Morgan fingerprint density at radius 3 is 2.07 bits per heavy atom. The van der Waals surface area contributed by atoms with Gasteiger partial charge in [0.15, 0.2) is 0 Å². The quantitative estimate of drug-likeness (QED) is 0.518. The van der Waals surface area contributed by atoms with E-state index < -0.39 is 0 Å². The highest BCUT2D eigenvalue weighted by molar-refractivity contribution is 6.40. The lowest BCUT2D eigenvalue weighted by molar-refractivity contribution is -0.126. The summed E-state index contributed by atoms with van der Waals surface area (Å²) in [6.07, 6.45) is 0.715. The van der Waals surface area contributed by atoms with E-state index in [9.17, 15) is 4.79 Å². The molecule has 0 saturated carbocycles. The van der Waals surface area contributed by atoms with Crippen LogP contribution in [0, 0.1) is 6.92 Å². The minimum atomic E-state index is -0.181. The number of amides is 1. The lowest BCUT2D eigenvalue weighted by Gasteiger charge is -2.32. The van der Waals surface area contributed by atoms with Crippen molar-refractivity contribution < 1.29 is 4.79 Å². The van der Waals surface area contributed by atoms with Crippen molar-refractivity contribution in [2.24, 2.45) is 0 Å². The lowest BCUT2D eigenvalue weighted by atomic mass is 9.84. The second-order valence-electron chi connectivity index (χ2n) is 8.53. The molecule has 3 nitrogen and oxygen atoms in total. The molecule has 1 amide bonds. The predicted octanol–water partition coefficient (Wildman–Crippen LogP) is 5.76. The van der Waals surface area contributed by atoms with Crippen LogP contribution in [0.1, 0.15) is 44.4 Å². The van der Waals surface area contributed by atoms with E-state index >= 15 is 0 Å². The van der Waals surface area contributed by atoms with Crippen molar-refractivity contribution in [3.05, 3.63) is 71.3 Å². The Balaban J connectivity index is 0.00000141. The Bertz CT molecular complexity index is 746. The van der Waals surface area contributed by atoms with E-state index in [0.717, 1.165) is 0 Å². The number of benzene rings is 2. The summed E-state index contributed by atoms with van der Waals surface area (Å²) >= 11 is 9.53. The maximum absolute atomic E-state index is 13.1. The first-order chi connectivity index (χ1) is 14.1. The average Bonchev–Trinajstić information content (AvgIpc) is 2.72. The molecule has 0 aliphatic rings. The molecule has 1 atom stereocenters. The Kier molecular flexibility index (Phi) is 11.5. The molecular formula is C25H36Cl2N2O. The molecule has 0 heterocycles. The summed E-state index contributed by atoms with van der Waals surface area (Å²) in [5, 5.41) is 3.40. The van der Waals surface area contributed by atoms with Crippen LogP contribution in [0.15, 0.2) is 54.6 Å². The van der Waals surface area contributed by atoms with Gasteiger partial charge in [-0.25, -0.2) is 0 Å². The van der Waals surface area contributed by atoms with Gasteiger partial charge in [0.1, 0.15) is 0 Å². The van der Waals surface area contributed by atoms with Gasteiger partial charge in [-0.2, -0.15) is 0 Å². The zero-order chi connectivity index (χ0) is 22.7. The normalized spacial score (nSPS) is 12.3. The number of aryl methyl sites for hydroxylation is 1. The summed E-state index contributed by atoms with van der Waals surface area (Å²) in [4.78, 5) is 15.2. The van der Waals surface area contributed by atoms with Gasteiger partial charge in [0.05, 0.1) is 11.4 Å². The van der Waals surface area contributed by atoms with Crippen LogP contribution in [-0.2, 0) is 16.6 Å². The van der Waals surface area contributed by atoms with Crippen molar-refractivity contribution in [2.75, 3.05) is 18.9 Å². The number of hydrogen-bond acceptors (Lipinski definition) is 2. The number of halogens is 2. The fourth-order valence-electron chi connectivity index (χ4n) is 3.15. The molecule has 166 valence electrons. The summed E-state index contributed by atoms with van der Waals surface area (Å²) in [6.45, 7) is 11.3. The maximum atomic E-state index is 13.1. The molecule has 2 rings (SSSR count). The Hall–Kier alpha value is -1.55. The first-order valence-corrected chi connectivity index (χ1v) is 11.4. The van der Waals surface area contributed by atoms with Crippen LogP contribution in [0.3, 0.4) is 0 Å². The minimum Gasteiger partial charge on any atom is -0.354 e. The maximum Gasteiger partial charge on any atom is 0.237 e. The van der Waals surface area contributed by atoms with Gasteiger partial charge >= 0.3 is 0 Å². The molecule has 0 fully saturated rings. The van der Waals surface area contributed by atoms with Crippen molar-refractivity contribution in [2.45, 2.75) is 58.5 Å². The minimum absolute atomic E-state index is 0.0933. The molecule has 0 spiro atoms. The van der Waals surface area contributed by atoms with E-state index in [-0.39, 0.29) is 22.7 Å². The van der Waals surface area contributed by atoms with E-state index in [2.05, 4.69) is 81.2 Å². The van der Waals surface area contributed by atoms with Gasteiger partial charge in [-0.05, 0) is 45.4 Å². The number of hydrogen-bond donors (Lipinski definition) is 1. The standard InChI is InChI=1S/C24H34N2O.CH2Cl2/c1-18(2)26(6)22(16-20-14-12-19(3)13-15-20)23(27)25-17-24(4,5)21-10-8-7-9-11-21;2-1-3/h7-15,18,22H,16-17H2,1-6H3,(H,25,27);1H2. The molecule has 1 N–H and O–H groups in total. The summed E-state index contributed by atoms with van der Waals surface area (Å²) < 4.78 is 0. The predicted molar refractivity (Wildman–Crippen MR) is 131 cm³/mol. The van der Waals surface area contributed by atoms with Gasteiger partial charge < -0.3 is 5.32 Å².